The summed E-state index contributed by atoms with van der Waals surface area (Å²) in [4.78, 5) is 0. The van der Waals surface area contributed by atoms with Crippen molar-refractivity contribution >= 4 is 9.76 Å². The average molecular weight is 364 g/mol. The second-order valence-electron chi connectivity index (χ2n) is 6.21. The van der Waals surface area contributed by atoms with E-state index in [2.05, 4.69) is 0 Å². The Morgan fingerprint density at radius 3 is 1.96 bits per heavy atom. The predicted molar refractivity (Wildman–Crippen MR) is 89.9 cm³/mol. The number of aryl methyl sites for hydroxylation is 1. The van der Waals surface area contributed by atoms with Crippen LogP contribution in [0.2, 0.25) is 6.04 Å². The van der Waals surface area contributed by atoms with Gasteiger partial charge in [0.05, 0.1) is 12.2 Å². The fourth-order valence-electron chi connectivity index (χ4n) is 2.09. The Balaban J connectivity index is 2.25. The molecule has 0 unspecified atom stereocenters. The van der Waals surface area contributed by atoms with Crippen LogP contribution in [-0.2, 0) is 20.3 Å². The van der Waals surface area contributed by atoms with Crippen molar-refractivity contribution < 1.29 is 27.1 Å². The SMILES string of the molecule is CC(C)OC(O[SiH2]CCCCc1cc(F)c(F)c(F)c1)OC(C)C. The molecule has 1 aromatic carbocycles. The molecular formula is C17H27F3O3Si. The van der Waals surface area contributed by atoms with Gasteiger partial charge in [-0.05, 0) is 64.3 Å². The van der Waals surface area contributed by atoms with Crippen LogP contribution in [0.25, 0.3) is 0 Å². The molecule has 24 heavy (non-hydrogen) atoms. The highest BCUT2D eigenvalue weighted by Crippen LogP contribution is 2.16. The smallest absolute Gasteiger partial charge is 0.262 e. The lowest BCUT2D eigenvalue weighted by Gasteiger charge is -2.23. The maximum Gasteiger partial charge on any atom is 0.262 e. The second-order valence-corrected chi connectivity index (χ2v) is 7.66. The van der Waals surface area contributed by atoms with Crippen molar-refractivity contribution in [2.24, 2.45) is 0 Å². The van der Waals surface area contributed by atoms with E-state index in [9.17, 15) is 13.2 Å². The van der Waals surface area contributed by atoms with Gasteiger partial charge in [-0.1, -0.05) is 6.42 Å². The second kappa shape index (κ2) is 10.9. The minimum Gasteiger partial charge on any atom is -0.379 e. The lowest BCUT2D eigenvalue weighted by atomic mass is 10.1. The number of rotatable bonds is 11. The van der Waals surface area contributed by atoms with Gasteiger partial charge < -0.3 is 13.9 Å². The molecule has 0 N–H and O–H groups in total. The zero-order valence-corrected chi connectivity index (χ0v) is 16.2. The van der Waals surface area contributed by atoms with Crippen LogP contribution in [-0.4, -0.2) is 28.4 Å². The first kappa shape index (κ1) is 21.2. The summed E-state index contributed by atoms with van der Waals surface area (Å²) in [5.41, 5.74) is 0.471. The average Bonchev–Trinajstić information content (AvgIpc) is 2.46. The quantitative estimate of drug-likeness (QED) is 0.256. The number of benzene rings is 1. The highest BCUT2D eigenvalue weighted by atomic mass is 28.2. The monoisotopic (exact) mass is 364 g/mol. The molecule has 0 atom stereocenters. The van der Waals surface area contributed by atoms with Gasteiger partial charge in [-0.15, -0.1) is 0 Å². The van der Waals surface area contributed by atoms with E-state index in [1.807, 2.05) is 27.7 Å². The van der Waals surface area contributed by atoms with Gasteiger partial charge in [0, 0.05) is 0 Å². The Morgan fingerprint density at radius 1 is 0.917 bits per heavy atom. The zero-order chi connectivity index (χ0) is 18.1. The third-order valence-electron chi connectivity index (χ3n) is 3.17. The Labute approximate surface area is 144 Å². The van der Waals surface area contributed by atoms with Gasteiger partial charge in [-0.25, -0.2) is 13.2 Å². The van der Waals surface area contributed by atoms with Crippen LogP contribution in [0, 0.1) is 17.5 Å². The summed E-state index contributed by atoms with van der Waals surface area (Å²) in [7, 11) is -0.802. The maximum atomic E-state index is 13.1. The molecule has 0 radical (unpaired) electrons. The molecule has 0 fully saturated rings. The number of unbranched alkanes of at least 4 members (excludes halogenated alkanes) is 1. The molecule has 0 saturated heterocycles. The van der Waals surface area contributed by atoms with Gasteiger partial charge in [0.1, 0.15) is 0 Å². The molecule has 0 aliphatic carbocycles. The molecule has 0 aliphatic rings. The van der Waals surface area contributed by atoms with Crippen LogP contribution in [0.15, 0.2) is 12.1 Å². The molecule has 0 bridgehead atoms. The molecule has 7 heteroatoms. The van der Waals surface area contributed by atoms with Crippen molar-refractivity contribution in [3.05, 3.63) is 35.1 Å². The fraction of sp³-hybridized carbons (Fsp3) is 0.647. The van der Waals surface area contributed by atoms with E-state index in [0.717, 1.165) is 31.0 Å². The number of hydrogen-bond acceptors (Lipinski definition) is 3. The lowest BCUT2D eigenvalue weighted by molar-refractivity contribution is -0.275. The third kappa shape index (κ3) is 8.28. The molecular weight excluding hydrogens is 337 g/mol. The van der Waals surface area contributed by atoms with E-state index >= 15 is 0 Å². The summed E-state index contributed by atoms with van der Waals surface area (Å²) in [6.07, 6.45) is 2.19. The van der Waals surface area contributed by atoms with E-state index in [0.29, 0.717) is 12.0 Å². The Kier molecular flexibility index (Phi) is 9.58. The summed E-state index contributed by atoms with van der Waals surface area (Å²) in [6.45, 7) is 7.05. The first-order valence-corrected chi connectivity index (χ1v) is 9.93. The largest absolute Gasteiger partial charge is 0.379 e. The first-order chi connectivity index (χ1) is 11.3. The zero-order valence-electron chi connectivity index (χ0n) is 14.8. The predicted octanol–water partition coefficient (Wildman–Crippen LogP) is 4.08. The van der Waals surface area contributed by atoms with E-state index < -0.39 is 33.7 Å². The molecule has 0 aliphatic heterocycles. The molecule has 0 heterocycles. The van der Waals surface area contributed by atoms with Crippen LogP contribution in [0.5, 0.6) is 0 Å². The molecule has 3 nitrogen and oxygen atoms in total. The standard InChI is InChI=1S/C17H27F3O3Si/c1-11(2)21-17(22-12(3)4)23-24-8-6-5-7-13-9-14(18)16(20)15(19)10-13/h9-12,17H,5-8,24H2,1-4H3. The summed E-state index contributed by atoms with van der Waals surface area (Å²) in [6, 6.07) is 3.01. The summed E-state index contributed by atoms with van der Waals surface area (Å²) in [5, 5.41) is 0. The van der Waals surface area contributed by atoms with Crippen LogP contribution in [0.4, 0.5) is 13.2 Å². The van der Waals surface area contributed by atoms with E-state index in [1.54, 1.807) is 0 Å². The van der Waals surface area contributed by atoms with Crippen LogP contribution in [0.3, 0.4) is 0 Å². The fourth-order valence-corrected chi connectivity index (χ4v) is 3.17. The summed E-state index contributed by atoms with van der Waals surface area (Å²) >= 11 is 0. The van der Waals surface area contributed by atoms with Gasteiger partial charge in [0.25, 0.3) is 6.48 Å². The molecule has 0 amide bonds. The highest BCUT2D eigenvalue weighted by molar-refractivity contribution is 6.27. The van der Waals surface area contributed by atoms with Crippen LogP contribution >= 0.6 is 0 Å². The number of hydrogen-bond donors (Lipinski definition) is 0. The van der Waals surface area contributed by atoms with Crippen LogP contribution < -0.4 is 0 Å². The Bertz CT molecular complexity index is 465. The maximum absolute atomic E-state index is 13.1. The number of halogens is 3. The van der Waals surface area contributed by atoms with Crippen molar-refractivity contribution in [1.82, 2.24) is 0 Å². The normalized spacial score (nSPS) is 12.4. The minimum atomic E-state index is -1.42. The molecule has 0 aromatic heterocycles. The molecule has 1 rings (SSSR count). The Hall–Kier alpha value is -0.893. The molecule has 0 spiro atoms. The molecule has 138 valence electrons. The topological polar surface area (TPSA) is 27.7 Å². The van der Waals surface area contributed by atoms with E-state index in [-0.39, 0.29) is 12.2 Å². The lowest BCUT2D eigenvalue weighted by Crippen LogP contribution is -2.28. The molecule has 0 saturated carbocycles. The van der Waals surface area contributed by atoms with Gasteiger partial charge >= 0.3 is 0 Å². The first-order valence-electron chi connectivity index (χ1n) is 8.35. The van der Waals surface area contributed by atoms with Crippen molar-refractivity contribution in [2.45, 2.75) is 71.7 Å². The molecule has 1 aromatic rings. The highest BCUT2D eigenvalue weighted by Gasteiger charge is 2.14. The minimum absolute atomic E-state index is 0.0195. The van der Waals surface area contributed by atoms with Crippen LogP contribution in [0.1, 0.15) is 46.1 Å². The Morgan fingerprint density at radius 2 is 1.46 bits per heavy atom. The van der Waals surface area contributed by atoms with Gasteiger partial charge in [-0.2, -0.15) is 0 Å². The van der Waals surface area contributed by atoms with Crippen molar-refractivity contribution in [1.29, 1.82) is 0 Å². The third-order valence-corrected chi connectivity index (χ3v) is 4.47. The van der Waals surface area contributed by atoms with Gasteiger partial charge in [-0.3, -0.25) is 0 Å². The van der Waals surface area contributed by atoms with E-state index in [1.165, 1.54) is 0 Å². The summed E-state index contributed by atoms with van der Waals surface area (Å²) in [5.74, 6) is -3.69. The summed E-state index contributed by atoms with van der Waals surface area (Å²) < 4.78 is 55.9. The van der Waals surface area contributed by atoms with Gasteiger partial charge in [0.2, 0.25) is 0 Å². The number of ether oxygens (including phenoxy) is 2. The van der Waals surface area contributed by atoms with Crippen molar-refractivity contribution in [3.8, 4) is 0 Å². The van der Waals surface area contributed by atoms with Crippen molar-refractivity contribution in [2.75, 3.05) is 0 Å². The van der Waals surface area contributed by atoms with E-state index in [4.69, 9.17) is 13.9 Å². The van der Waals surface area contributed by atoms with Crippen molar-refractivity contribution in [3.63, 3.8) is 0 Å². The van der Waals surface area contributed by atoms with Gasteiger partial charge in [0.15, 0.2) is 27.2 Å².